The van der Waals surface area contributed by atoms with Crippen LogP contribution in [0, 0.1) is 12.7 Å². The molecule has 0 radical (unpaired) electrons. The summed E-state index contributed by atoms with van der Waals surface area (Å²) in [6.07, 6.45) is -2.40. The minimum atomic E-state index is -5.11. The van der Waals surface area contributed by atoms with Crippen molar-refractivity contribution in [3.8, 4) is 5.69 Å². The van der Waals surface area contributed by atoms with Crippen LogP contribution in [0.15, 0.2) is 29.3 Å². The van der Waals surface area contributed by atoms with Gasteiger partial charge in [0.25, 0.3) is 5.92 Å². The van der Waals surface area contributed by atoms with Crippen LogP contribution >= 0.6 is 0 Å². The first-order valence-corrected chi connectivity index (χ1v) is 10.5. The molecule has 2 aromatic heterocycles. The second-order valence-corrected chi connectivity index (χ2v) is 8.60. The highest BCUT2D eigenvalue weighted by Gasteiger charge is 2.41. The molecule has 184 valence electrons. The molecule has 1 aliphatic rings. The van der Waals surface area contributed by atoms with Crippen molar-refractivity contribution in [1.29, 1.82) is 0 Å². The summed E-state index contributed by atoms with van der Waals surface area (Å²) in [6, 6.07) is 1.50. The van der Waals surface area contributed by atoms with Crippen LogP contribution in [0.25, 0.3) is 5.69 Å². The molecule has 0 atom stereocenters. The van der Waals surface area contributed by atoms with Crippen LogP contribution in [-0.2, 0) is 12.7 Å². The number of nitrogens with zero attached hydrogens (tertiary/aromatic N) is 6. The number of aromatic nitrogens is 5. The summed E-state index contributed by atoms with van der Waals surface area (Å²) in [5, 5.41) is 8.14. The van der Waals surface area contributed by atoms with Crippen LogP contribution in [0.3, 0.4) is 0 Å². The molecule has 0 aliphatic carbocycles. The number of aryl methyl sites for hydroxylation is 1. The summed E-state index contributed by atoms with van der Waals surface area (Å²) in [5.41, 5.74) is -2.91. The van der Waals surface area contributed by atoms with Crippen LogP contribution in [0.2, 0.25) is 0 Å². The topological polar surface area (TPSA) is 60.9 Å². The molecule has 0 spiro atoms. The zero-order chi connectivity index (χ0) is 25.0. The molecule has 0 unspecified atom stereocenters. The number of hydrogen-bond donors (Lipinski definition) is 0. The quantitative estimate of drug-likeness (QED) is 0.506. The Kier molecular flexibility index (Phi) is 5.76. The summed E-state index contributed by atoms with van der Waals surface area (Å²) >= 11 is 0. The van der Waals surface area contributed by atoms with Crippen molar-refractivity contribution in [2.45, 2.75) is 51.9 Å². The van der Waals surface area contributed by atoms with Gasteiger partial charge in [-0.2, -0.15) is 28.1 Å². The summed E-state index contributed by atoms with van der Waals surface area (Å²) in [6.45, 7) is 4.28. The van der Waals surface area contributed by atoms with Crippen molar-refractivity contribution in [3.63, 3.8) is 0 Å². The highest BCUT2D eigenvalue weighted by atomic mass is 19.4. The average molecular weight is 488 g/mol. The molecule has 13 heteroatoms. The van der Waals surface area contributed by atoms with E-state index in [0.717, 1.165) is 11.0 Å². The maximum atomic E-state index is 15.0. The van der Waals surface area contributed by atoms with Gasteiger partial charge in [-0.05, 0) is 32.9 Å². The molecule has 0 saturated carbocycles. The highest BCUT2D eigenvalue weighted by molar-refractivity contribution is 5.58. The zero-order valence-corrected chi connectivity index (χ0v) is 18.6. The fourth-order valence-electron chi connectivity index (χ4n) is 3.85. The Bertz CT molecular complexity index is 1270. The fraction of sp³-hybridized carbons (Fsp3) is 0.476. The van der Waals surface area contributed by atoms with E-state index < -0.39 is 47.8 Å². The maximum absolute atomic E-state index is 15.0. The Labute approximate surface area is 190 Å². The van der Waals surface area contributed by atoms with E-state index in [-0.39, 0.29) is 30.6 Å². The molecular formula is C21H22F6N6O. The Morgan fingerprint density at radius 3 is 2.47 bits per heavy atom. The SMILES string of the molecule is Cc1nn(-c2cc(N3CCC(F)(F)C3)cc(C(F)(F)F)c2F)c(=O)n1Cc1cnn(C(C)C)c1. The molecule has 1 aromatic carbocycles. The molecule has 34 heavy (non-hydrogen) atoms. The van der Waals surface area contributed by atoms with E-state index in [1.54, 1.807) is 17.1 Å². The number of anilines is 1. The Morgan fingerprint density at radius 2 is 1.91 bits per heavy atom. The first-order chi connectivity index (χ1) is 15.8. The third-order valence-corrected chi connectivity index (χ3v) is 5.68. The van der Waals surface area contributed by atoms with Gasteiger partial charge in [0, 0.05) is 36.5 Å². The average Bonchev–Trinajstić information content (AvgIpc) is 3.41. The molecule has 7 nitrogen and oxygen atoms in total. The summed E-state index contributed by atoms with van der Waals surface area (Å²) in [4.78, 5) is 14.1. The van der Waals surface area contributed by atoms with Gasteiger partial charge in [-0.15, -0.1) is 0 Å². The number of alkyl halides is 5. The predicted octanol–water partition coefficient (Wildman–Crippen LogP) is 4.17. The number of halogens is 6. The molecule has 0 amide bonds. The standard InChI is InChI=1S/C21H22F6N6O/c1-12(2)32-10-14(8-28-32)9-31-13(3)29-33(19(31)34)17-7-15(30-5-4-20(23,24)11-30)6-16(18(17)22)21(25,26)27/h6-8,10,12H,4-5,9,11H2,1-3H3. The molecule has 1 saturated heterocycles. The van der Waals surface area contributed by atoms with Crippen LogP contribution in [0.4, 0.5) is 32.0 Å². The van der Waals surface area contributed by atoms with Crippen molar-refractivity contribution < 1.29 is 26.3 Å². The van der Waals surface area contributed by atoms with Gasteiger partial charge in [0.05, 0.1) is 24.8 Å². The van der Waals surface area contributed by atoms with Gasteiger partial charge in [-0.25, -0.2) is 18.0 Å². The normalized spacial score (nSPS) is 16.1. The lowest BCUT2D eigenvalue weighted by atomic mass is 10.1. The molecule has 0 N–H and O–H groups in total. The highest BCUT2D eigenvalue weighted by Crippen LogP contribution is 2.38. The van der Waals surface area contributed by atoms with E-state index in [2.05, 4.69) is 10.2 Å². The van der Waals surface area contributed by atoms with Crippen molar-refractivity contribution >= 4 is 5.69 Å². The zero-order valence-electron chi connectivity index (χ0n) is 18.6. The lowest BCUT2D eigenvalue weighted by Gasteiger charge is -2.21. The molecule has 1 aliphatic heterocycles. The molecule has 0 bridgehead atoms. The number of benzene rings is 1. The monoisotopic (exact) mass is 488 g/mol. The lowest BCUT2D eigenvalue weighted by molar-refractivity contribution is -0.139. The maximum Gasteiger partial charge on any atom is 0.419 e. The first-order valence-electron chi connectivity index (χ1n) is 10.5. The van der Waals surface area contributed by atoms with Gasteiger partial charge in [0.15, 0.2) is 5.82 Å². The smallest absolute Gasteiger partial charge is 0.365 e. The molecule has 1 fully saturated rings. The molecule has 3 aromatic rings. The predicted molar refractivity (Wildman–Crippen MR) is 111 cm³/mol. The Balaban J connectivity index is 1.80. The summed E-state index contributed by atoms with van der Waals surface area (Å²) in [5.74, 6) is -4.66. The number of rotatable bonds is 5. The third-order valence-electron chi connectivity index (χ3n) is 5.68. The van der Waals surface area contributed by atoms with Crippen LogP contribution in [0.1, 0.15) is 43.3 Å². The molecule has 3 heterocycles. The summed E-state index contributed by atoms with van der Waals surface area (Å²) in [7, 11) is 0. The van der Waals surface area contributed by atoms with Crippen LogP contribution in [-0.4, -0.2) is 43.1 Å². The molecule has 4 rings (SSSR count). The van der Waals surface area contributed by atoms with E-state index in [9.17, 15) is 26.7 Å². The fourth-order valence-corrected chi connectivity index (χ4v) is 3.85. The van der Waals surface area contributed by atoms with Crippen LogP contribution in [0.5, 0.6) is 0 Å². The Hall–Kier alpha value is -3.25. The van der Waals surface area contributed by atoms with Gasteiger partial charge in [-0.3, -0.25) is 9.25 Å². The largest absolute Gasteiger partial charge is 0.419 e. The van der Waals surface area contributed by atoms with E-state index >= 15 is 4.39 Å². The van der Waals surface area contributed by atoms with Crippen molar-refractivity contribution in [2.24, 2.45) is 0 Å². The second kappa shape index (κ2) is 8.20. The van der Waals surface area contributed by atoms with Crippen molar-refractivity contribution in [1.82, 2.24) is 24.1 Å². The summed E-state index contributed by atoms with van der Waals surface area (Å²) < 4.78 is 86.5. The van der Waals surface area contributed by atoms with Gasteiger partial charge in [-0.1, -0.05) is 0 Å². The van der Waals surface area contributed by atoms with E-state index in [1.165, 1.54) is 11.5 Å². The molecular weight excluding hydrogens is 466 g/mol. The van der Waals surface area contributed by atoms with Gasteiger partial charge >= 0.3 is 11.9 Å². The van der Waals surface area contributed by atoms with Gasteiger partial charge in [0.2, 0.25) is 0 Å². The van der Waals surface area contributed by atoms with Crippen molar-refractivity contribution in [2.75, 3.05) is 18.0 Å². The second-order valence-electron chi connectivity index (χ2n) is 8.60. The van der Waals surface area contributed by atoms with Gasteiger partial charge in [0.1, 0.15) is 11.5 Å². The Morgan fingerprint density at radius 1 is 1.21 bits per heavy atom. The third kappa shape index (κ3) is 4.42. The van der Waals surface area contributed by atoms with E-state index in [1.807, 2.05) is 13.8 Å². The van der Waals surface area contributed by atoms with E-state index in [4.69, 9.17) is 0 Å². The van der Waals surface area contributed by atoms with E-state index in [0.29, 0.717) is 16.3 Å². The van der Waals surface area contributed by atoms with Crippen molar-refractivity contribution in [3.05, 3.63) is 57.8 Å². The minimum absolute atomic E-state index is 0.0170. The number of hydrogen-bond acceptors (Lipinski definition) is 4. The lowest BCUT2D eigenvalue weighted by Crippen LogP contribution is -2.28. The first kappa shape index (κ1) is 23.9. The van der Waals surface area contributed by atoms with Crippen LogP contribution < -0.4 is 10.6 Å². The van der Waals surface area contributed by atoms with Gasteiger partial charge < -0.3 is 4.90 Å². The minimum Gasteiger partial charge on any atom is -0.365 e.